The number of anilines is 1. The van der Waals surface area contributed by atoms with Gasteiger partial charge in [0.25, 0.3) is 5.56 Å². The number of hydrogen-bond acceptors (Lipinski definition) is 7. The second-order valence-electron chi connectivity index (χ2n) is 8.98. The lowest BCUT2D eigenvalue weighted by molar-refractivity contribution is 0.0970. The van der Waals surface area contributed by atoms with Crippen molar-refractivity contribution in [2.75, 3.05) is 18.0 Å². The molecule has 4 heterocycles. The first kappa shape index (κ1) is 23.5. The van der Waals surface area contributed by atoms with Crippen molar-refractivity contribution < 1.29 is 4.79 Å². The molecule has 0 saturated carbocycles. The Morgan fingerprint density at radius 1 is 1.19 bits per heavy atom. The zero-order chi connectivity index (χ0) is 25.4. The third-order valence-corrected chi connectivity index (χ3v) is 6.60. The molecule has 10 heteroatoms. The molecule has 2 N–H and O–H groups in total. The number of piperidine rings is 1. The quantitative estimate of drug-likeness (QED) is 0.334. The summed E-state index contributed by atoms with van der Waals surface area (Å²) in [6.07, 6.45) is 3.43. The normalized spacial score (nSPS) is 15.8. The Labute approximate surface area is 207 Å². The number of para-hydroxylation sites is 1. The van der Waals surface area contributed by atoms with E-state index in [2.05, 4.69) is 21.8 Å². The Hall–Kier alpha value is -4.23. The van der Waals surface area contributed by atoms with Gasteiger partial charge in [-0.15, -0.1) is 5.92 Å². The Morgan fingerprint density at radius 2 is 2.00 bits per heavy atom. The molecule has 1 saturated heterocycles. The average molecular weight is 486 g/mol. The molecule has 1 fully saturated rings. The molecular formula is C26H27N7O3. The SMILES string of the molecule is CC#CCn1c(N2CCCC(N)C2)nc2c1c(=O)n(CC(=O)c1cccc3cccnc13)c(=O)n2C. The van der Waals surface area contributed by atoms with Crippen molar-refractivity contribution in [3.8, 4) is 11.8 Å². The number of benzene rings is 1. The average Bonchev–Trinajstić information content (AvgIpc) is 3.28. The zero-order valence-corrected chi connectivity index (χ0v) is 20.3. The first-order valence-electron chi connectivity index (χ1n) is 11.9. The number of imidazole rings is 1. The summed E-state index contributed by atoms with van der Waals surface area (Å²) < 4.78 is 4.01. The molecule has 3 aromatic heterocycles. The first-order valence-corrected chi connectivity index (χ1v) is 11.9. The minimum Gasteiger partial charge on any atom is -0.341 e. The van der Waals surface area contributed by atoms with E-state index in [9.17, 15) is 14.4 Å². The lowest BCUT2D eigenvalue weighted by Crippen LogP contribution is -2.44. The van der Waals surface area contributed by atoms with Gasteiger partial charge in [-0.2, -0.15) is 4.98 Å². The smallest absolute Gasteiger partial charge is 0.332 e. The monoisotopic (exact) mass is 485 g/mol. The third-order valence-electron chi connectivity index (χ3n) is 6.60. The predicted octanol–water partition coefficient (Wildman–Crippen LogP) is 1.28. The molecule has 1 aromatic carbocycles. The highest BCUT2D eigenvalue weighted by molar-refractivity contribution is 6.06. The number of rotatable bonds is 5. The van der Waals surface area contributed by atoms with Gasteiger partial charge >= 0.3 is 5.69 Å². The molecular weight excluding hydrogens is 458 g/mol. The molecule has 0 spiro atoms. The fourth-order valence-electron chi connectivity index (χ4n) is 4.80. The summed E-state index contributed by atoms with van der Waals surface area (Å²) >= 11 is 0. The third kappa shape index (κ3) is 3.97. The van der Waals surface area contributed by atoms with Crippen molar-refractivity contribution in [2.24, 2.45) is 12.8 Å². The molecule has 1 aliphatic heterocycles. The number of nitrogens with two attached hydrogens (primary N) is 1. The minimum absolute atomic E-state index is 0.00308. The van der Waals surface area contributed by atoms with Crippen molar-refractivity contribution in [3.63, 3.8) is 0 Å². The molecule has 5 rings (SSSR count). The van der Waals surface area contributed by atoms with E-state index in [1.165, 1.54) is 4.57 Å². The van der Waals surface area contributed by atoms with Crippen LogP contribution < -0.4 is 21.9 Å². The van der Waals surface area contributed by atoms with Crippen molar-refractivity contribution in [2.45, 2.75) is 38.9 Å². The molecule has 0 bridgehead atoms. The number of ketones is 1. The van der Waals surface area contributed by atoms with E-state index in [4.69, 9.17) is 5.73 Å². The molecule has 1 aliphatic rings. The van der Waals surface area contributed by atoms with Gasteiger partial charge in [-0.3, -0.25) is 28.3 Å². The number of nitrogens with zero attached hydrogens (tertiary/aromatic N) is 6. The van der Waals surface area contributed by atoms with E-state index in [0.717, 1.165) is 29.3 Å². The van der Waals surface area contributed by atoms with E-state index in [1.807, 2.05) is 17.0 Å². The molecule has 1 atom stereocenters. The highest BCUT2D eigenvalue weighted by Crippen LogP contribution is 2.23. The summed E-state index contributed by atoms with van der Waals surface area (Å²) in [7, 11) is 1.55. The second kappa shape index (κ2) is 9.43. The summed E-state index contributed by atoms with van der Waals surface area (Å²) in [6.45, 7) is 2.87. The highest BCUT2D eigenvalue weighted by Gasteiger charge is 2.26. The summed E-state index contributed by atoms with van der Waals surface area (Å²) in [5.74, 6) is 6.04. The van der Waals surface area contributed by atoms with Crippen LogP contribution in [0.25, 0.3) is 22.1 Å². The highest BCUT2D eigenvalue weighted by atomic mass is 16.2. The topological polar surface area (TPSA) is 121 Å². The molecule has 4 aromatic rings. The number of fused-ring (bicyclic) bond motifs is 2. The van der Waals surface area contributed by atoms with E-state index < -0.39 is 17.8 Å². The maximum absolute atomic E-state index is 13.7. The van der Waals surface area contributed by atoms with Crippen LogP contribution in [0.1, 0.15) is 30.1 Å². The number of carbonyl (C=O) groups is 1. The van der Waals surface area contributed by atoms with Gasteiger partial charge in [-0.05, 0) is 31.9 Å². The van der Waals surface area contributed by atoms with Gasteiger partial charge in [0.1, 0.15) is 0 Å². The van der Waals surface area contributed by atoms with Crippen LogP contribution in [-0.4, -0.2) is 48.6 Å². The summed E-state index contributed by atoms with van der Waals surface area (Å²) in [6, 6.07) is 8.92. The maximum atomic E-state index is 13.7. The largest absolute Gasteiger partial charge is 0.341 e. The maximum Gasteiger partial charge on any atom is 0.332 e. The zero-order valence-electron chi connectivity index (χ0n) is 20.3. The van der Waals surface area contributed by atoms with Crippen LogP contribution in [0.3, 0.4) is 0 Å². The Kier molecular flexibility index (Phi) is 6.16. The van der Waals surface area contributed by atoms with E-state index in [0.29, 0.717) is 23.6 Å². The number of pyridine rings is 1. The molecule has 0 radical (unpaired) electrons. The van der Waals surface area contributed by atoms with Crippen LogP contribution in [0.5, 0.6) is 0 Å². The molecule has 184 valence electrons. The first-order chi connectivity index (χ1) is 17.4. The predicted molar refractivity (Wildman–Crippen MR) is 138 cm³/mol. The Balaban J connectivity index is 1.66. The van der Waals surface area contributed by atoms with Gasteiger partial charge in [-0.25, -0.2) is 4.79 Å². The van der Waals surface area contributed by atoms with Crippen molar-refractivity contribution in [3.05, 3.63) is 62.9 Å². The van der Waals surface area contributed by atoms with Crippen LogP contribution in [0, 0.1) is 11.8 Å². The lowest BCUT2D eigenvalue weighted by atomic mass is 10.1. The number of Topliss-reactive ketones (excluding diaryl/α,β-unsaturated/α-hetero) is 1. The Bertz CT molecular complexity index is 1660. The van der Waals surface area contributed by atoms with Gasteiger partial charge in [0.2, 0.25) is 5.95 Å². The van der Waals surface area contributed by atoms with Gasteiger partial charge in [0.15, 0.2) is 16.9 Å². The molecule has 10 nitrogen and oxygen atoms in total. The van der Waals surface area contributed by atoms with Gasteiger partial charge in [-0.1, -0.05) is 24.1 Å². The van der Waals surface area contributed by atoms with Crippen LogP contribution in [-0.2, 0) is 20.1 Å². The number of carbonyl (C=O) groups excluding carboxylic acids is 1. The van der Waals surface area contributed by atoms with Crippen molar-refractivity contribution >= 4 is 33.8 Å². The fraction of sp³-hybridized carbons (Fsp3) is 0.346. The lowest BCUT2D eigenvalue weighted by Gasteiger charge is -2.31. The molecule has 0 aliphatic carbocycles. The van der Waals surface area contributed by atoms with E-state index in [1.54, 1.807) is 42.9 Å². The van der Waals surface area contributed by atoms with Crippen LogP contribution >= 0.6 is 0 Å². The molecule has 0 amide bonds. The summed E-state index contributed by atoms with van der Waals surface area (Å²) in [5.41, 5.74) is 6.39. The van der Waals surface area contributed by atoms with E-state index >= 15 is 0 Å². The number of aromatic nitrogens is 5. The standard InChI is InChI=1S/C26H27N7O3/c1-3-4-14-32-22-23(29-25(32)31-13-7-10-18(27)15-31)30(2)26(36)33(24(22)35)16-20(34)19-11-5-8-17-9-6-12-28-21(17)19/h5-6,8-9,11-12,18H,7,10,13-16,27H2,1-2H3. The fourth-order valence-corrected chi connectivity index (χ4v) is 4.80. The number of hydrogen-bond donors (Lipinski definition) is 1. The minimum atomic E-state index is -0.609. The van der Waals surface area contributed by atoms with E-state index in [-0.39, 0.29) is 29.5 Å². The summed E-state index contributed by atoms with van der Waals surface area (Å²) in [5, 5.41) is 0.805. The van der Waals surface area contributed by atoms with Crippen molar-refractivity contribution in [1.82, 2.24) is 23.7 Å². The Morgan fingerprint density at radius 3 is 2.78 bits per heavy atom. The van der Waals surface area contributed by atoms with Crippen molar-refractivity contribution in [1.29, 1.82) is 0 Å². The summed E-state index contributed by atoms with van der Waals surface area (Å²) in [4.78, 5) is 51.3. The molecule has 1 unspecified atom stereocenters. The molecule has 36 heavy (non-hydrogen) atoms. The van der Waals surface area contributed by atoms with Gasteiger partial charge < -0.3 is 10.6 Å². The van der Waals surface area contributed by atoms with Crippen LogP contribution in [0.2, 0.25) is 0 Å². The second-order valence-corrected chi connectivity index (χ2v) is 8.98. The van der Waals surface area contributed by atoms with Crippen LogP contribution in [0.4, 0.5) is 5.95 Å². The van der Waals surface area contributed by atoms with Crippen LogP contribution in [0.15, 0.2) is 46.1 Å². The van der Waals surface area contributed by atoms with Gasteiger partial charge in [0, 0.05) is 43.3 Å². The van der Waals surface area contributed by atoms with Gasteiger partial charge in [0.05, 0.1) is 18.6 Å². The number of aryl methyl sites for hydroxylation is 1.